The molecule has 1 aromatic rings. The minimum Gasteiger partial charge on any atom is -0.486 e. The minimum absolute atomic E-state index is 0.0908. The van der Waals surface area contributed by atoms with Crippen LogP contribution in [0.5, 0.6) is 11.5 Å². The maximum atomic E-state index is 12.6. The number of carbonyl (C=O) groups is 1. The van der Waals surface area contributed by atoms with Gasteiger partial charge in [0, 0.05) is 18.2 Å². The highest BCUT2D eigenvalue weighted by molar-refractivity contribution is 6.34. The number of halogens is 1. The van der Waals surface area contributed by atoms with Crippen molar-refractivity contribution in [2.24, 2.45) is 0 Å². The van der Waals surface area contributed by atoms with Crippen molar-refractivity contribution >= 4 is 17.4 Å². The van der Waals surface area contributed by atoms with Gasteiger partial charge >= 0.3 is 0 Å². The lowest BCUT2D eigenvalue weighted by Crippen LogP contribution is -2.34. The summed E-state index contributed by atoms with van der Waals surface area (Å²) in [5, 5.41) is 0.381. The average molecular weight is 283 g/mol. The highest BCUT2D eigenvalue weighted by Gasteiger charge is 2.39. The standard InChI is InChI=1S/C14H15ClO4/c1-14(3-2-4-19-14)13(16)9-7-11-12(8-10(9)15)18-6-5-17-11/h7-8H,2-6H2,1H3. The lowest BCUT2D eigenvalue weighted by Gasteiger charge is -2.24. The number of Topliss-reactive ketones (excluding diaryl/α,β-unsaturated/α-hetero) is 1. The summed E-state index contributed by atoms with van der Waals surface area (Å²) >= 11 is 6.18. The van der Waals surface area contributed by atoms with E-state index in [-0.39, 0.29) is 5.78 Å². The third-order valence-electron chi connectivity index (χ3n) is 3.58. The number of carbonyl (C=O) groups excluding carboxylic acids is 1. The highest BCUT2D eigenvalue weighted by atomic mass is 35.5. The second kappa shape index (κ2) is 4.69. The molecule has 0 amide bonds. The Morgan fingerprint density at radius 3 is 2.53 bits per heavy atom. The molecule has 1 saturated heterocycles. The minimum atomic E-state index is -0.770. The van der Waals surface area contributed by atoms with Gasteiger partial charge in [0.1, 0.15) is 18.8 Å². The number of hydrogen-bond acceptors (Lipinski definition) is 4. The number of ketones is 1. The van der Waals surface area contributed by atoms with Crippen molar-refractivity contribution < 1.29 is 19.0 Å². The molecule has 102 valence electrons. The predicted octanol–water partition coefficient (Wildman–Crippen LogP) is 2.86. The van der Waals surface area contributed by atoms with Crippen LogP contribution in [0.1, 0.15) is 30.1 Å². The topological polar surface area (TPSA) is 44.8 Å². The summed E-state index contributed by atoms with van der Waals surface area (Å²) in [5.74, 6) is 1.07. The highest BCUT2D eigenvalue weighted by Crippen LogP contribution is 2.38. The molecule has 5 heteroatoms. The van der Waals surface area contributed by atoms with Gasteiger partial charge in [-0.2, -0.15) is 0 Å². The molecule has 19 heavy (non-hydrogen) atoms. The second-order valence-corrected chi connectivity index (χ2v) is 5.39. The molecule has 0 spiro atoms. The van der Waals surface area contributed by atoms with E-state index in [1.54, 1.807) is 12.1 Å². The molecule has 0 radical (unpaired) electrons. The molecule has 0 aromatic heterocycles. The molecule has 1 fully saturated rings. The van der Waals surface area contributed by atoms with Crippen LogP contribution in [0.15, 0.2) is 12.1 Å². The first-order chi connectivity index (χ1) is 9.10. The maximum Gasteiger partial charge on any atom is 0.195 e. The van der Waals surface area contributed by atoms with E-state index in [2.05, 4.69) is 0 Å². The van der Waals surface area contributed by atoms with Gasteiger partial charge in [0.05, 0.1) is 5.02 Å². The Balaban J connectivity index is 1.98. The molecule has 0 N–H and O–H groups in total. The quantitative estimate of drug-likeness (QED) is 0.783. The van der Waals surface area contributed by atoms with Gasteiger partial charge in [-0.15, -0.1) is 0 Å². The fraction of sp³-hybridized carbons (Fsp3) is 0.500. The monoisotopic (exact) mass is 282 g/mol. The number of benzene rings is 1. The van der Waals surface area contributed by atoms with Crippen LogP contribution in [0.25, 0.3) is 0 Å². The molecule has 2 aliphatic heterocycles. The van der Waals surface area contributed by atoms with Gasteiger partial charge in [-0.3, -0.25) is 4.79 Å². The normalized spacial score (nSPS) is 25.4. The number of ether oxygens (including phenoxy) is 3. The van der Waals surface area contributed by atoms with E-state index in [0.717, 1.165) is 12.8 Å². The van der Waals surface area contributed by atoms with Gasteiger partial charge < -0.3 is 14.2 Å². The summed E-state index contributed by atoms with van der Waals surface area (Å²) in [6, 6.07) is 3.30. The molecule has 3 rings (SSSR count). The molecule has 4 nitrogen and oxygen atoms in total. The van der Waals surface area contributed by atoms with Crippen LogP contribution in [0.3, 0.4) is 0 Å². The lowest BCUT2D eigenvalue weighted by atomic mass is 9.92. The van der Waals surface area contributed by atoms with Crippen molar-refractivity contribution in [1.29, 1.82) is 0 Å². The third kappa shape index (κ3) is 2.19. The second-order valence-electron chi connectivity index (χ2n) is 4.99. The Labute approximate surface area is 116 Å². The molecule has 1 unspecified atom stereocenters. The molecule has 1 atom stereocenters. The third-order valence-corrected chi connectivity index (χ3v) is 3.89. The Bertz CT molecular complexity index is 520. The average Bonchev–Trinajstić information content (AvgIpc) is 2.85. The Kier molecular flexibility index (Phi) is 3.15. The largest absolute Gasteiger partial charge is 0.486 e. The van der Waals surface area contributed by atoms with Crippen LogP contribution < -0.4 is 9.47 Å². The van der Waals surface area contributed by atoms with E-state index < -0.39 is 5.60 Å². The maximum absolute atomic E-state index is 12.6. The van der Waals surface area contributed by atoms with E-state index in [0.29, 0.717) is 41.9 Å². The van der Waals surface area contributed by atoms with Crippen LogP contribution in [-0.2, 0) is 4.74 Å². The summed E-state index contributed by atoms with van der Waals surface area (Å²) in [6.45, 7) is 3.41. The van der Waals surface area contributed by atoms with Gasteiger partial charge in [0.25, 0.3) is 0 Å². The van der Waals surface area contributed by atoms with Crippen molar-refractivity contribution in [3.8, 4) is 11.5 Å². The Morgan fingerprint density at radius 1 is 1.21 bits per heavy atom. The summed E-state index contributed by atoms with van der Waals surface area (Å²) in [5.41, 5.74) is -0.330. The summed E-state index contributed by atoms with van der Waals surface area (Å²) in [4.78, 5) is 12.6. The fourth-order valence-corrected chi connectivity index (χ4v) is 2.72. The SMILES string of the molecule is CC1(C(=O)c2cc3c(cc2Cl)OCCO3)CCCO1. The van der Waals surface area contributed by atoms with Gasteiger partial charge in [0.15, 0.2) is 17.3 Å². The molecule has 0 bridgehead atoms. The zero-order valence-corrected chi connectivity index (χ0v) is 11.5. The van der Waals surface area contributed by atoms with Gasteiger partial charge in [-0.05, 0) is 25.8 Å². The van der Waals surface area contributed by atoms with Crippen LogP contribution in [0.4, 0.5) is 0 Å². The van der Waals surface area contributed by atoms with Gasteiger partial charge in [-0.25, -0.2) is 0 Å². The summed E-state index contributed by atoms with van der Waals surface area (Å²) in [6.07, 6.45) is 1.61. The van der Waals surface area contributed by atoms with Crippen LogP contribution in [-0.4, -0.2) is 31.2 Å². The van der Waals surface area contributed by atoms with Crippen molar-refractivity contribution in [2.75, 3.05) is 19.8 Å². The predicted molar refractivity (Wildman–Crippen MR) is 70.4 cm³/mol. The van der Waals surface area contributed by atoms with Crippen LogP contribution in [0, 0.1) is 0 Å². The summed E-state index contributed by atoms with van der Waals surface area (Å²) < 4.78 is 16.5. The molecule has 2 heterocycles. The Hall–Kier alpha value is -1.26. The first-order valence-corrected chi connectivity index (χ1v) is 6.76. The number of fused-ring (bicyclic) bond motifs is 1. The van der Waals surface area contributed by atoms with Gasteiger partial charge in [0.2, 0.25) is 0 Å². The van der Waals surface area contributed by atoms with Crippen molar-refractivity contribution in [2.45, 2.75) is 25.4 Å². The van der Waals surface area contributed by atoms with E-state index in [1.807, 2.05) is 6.92 Å². The van der Waals surface area contributed by atoms with E-state index in [4.69, 9.17) is 25.8 Å². The molecule has 0 aliphatic carbocycles. The van der Waals surface area contributed by atoms with E-state index in [9.17, 15) is 4.79 Å². The molecular formula is C14H15ClO4. The van der Waals surface area contributed by atoms with Gasteiger partial charge in [-0.1, -0.05) is 11.6 Å². The molecule has 2 aliphatic rings. The van der Waals surface area contributed by atoms with E-state index >= 15 is 0 Å². The smallest absolute Gasteiger partial charge is 0.195 e. The summed E-state index contributed by atoms with van der Waals surface area (Å²) in [7, 11) is 0. The number of hydrogen-bond donors (Lipinski definition) is 0. The Morgan fingerprint density at radius 2 is 1.89 bits per heavy atom. The van der Waals surface area contributed by atoms with E-state index in [1.165, 1.54) is 0 Å². The van der Waals surface area contributed by atoms with Crippen LogP contribution in [0.2, 0.25) is 5.02 Å². The fourth-order valence-electron chi connectivity index (χ4n) is 2.48. The zero-order chi connectivity index (χ0) is 13.5. The zero-order valence-electron chi connectivity index (χ0n) is 10.7. The molecule has 0 saturated carbocycles. The first-order valence-electron chi connectivity index (χ1n) is 6.38. The lowest BCUT2D eigenvalue weighted by molar-refractivity contribution is 0.0213. The number of rotatable bonds is 2. The molecule has 1 aromatic carbocycles. The first kappa shape index (κ1) is 12.8. The van der Waals surface area contributed by atoms with Crippen molar-refractivity contribution in [3.63, 3.8) is 0 Å². The van der Waals surface area contributed by atoms with Crippen molar-refractivity contribution in [3.05, 3.63) is 22.7 Å². The molecular weight excluding hydrogens is 268 g/mol. The van der Waals surface area contributed by atoms with Crippen molar-refractivity contribution in [1.82, 2.24) is 0 Å². The van der Waals surface area contributed by atoms with Crippen LogP contribution >= 0.6 is 11.6 Å².